The van der Waals surface area contributed by atoms with Crippen molar-refractivity contribution in [1.82, 2.24) is 25.1 Å². The van der Waals surface area contributed by atoms with E-state index in [1.807, 2.05) is 44.3 Å². The van der Waals surface area contributed by atoms with Crippen molar-refractivity contribution >= 4 is 11.1 Å². The van der Waals surface area contributed by atoms with E-state index in [2.05, 4.69) is 21.6 Å². The standard InChI is InChI=1S/C27H26FN5O2.H2/c1-17-11-18(15-29-9-10-34-3)12-24-25(17)35-27(31-24)20-6-4-5-19(13-20)22-8-7-21(28)14-23(22)26-32-30-16-33(26)2;/h4-8,11-14,16,29H,9-10,15H2,1-3H3;1H. The summed E-state index contributed by atoms with van der Waals surface area (Å²) in [5.74, 6) is 0.802. The van der Waals surface area contributed by atoms with Gasteiger partial charge in [-0.1, -0.05) is 24.3 Å². The second kappa shape index (κ2) is 9.77. The van der Waals surface area contributed by atoms with E-state index in [4.69, 9.17) is 14.1 Å². The van der Waals surface area contributed by atoms with Crippen molar-refractivity contribution in [3.05, 3.63) is 77.9 Å². The van der Waals surface area contributed by atoms with Crippen molar-refractivity contribution in [2.45, 2.75) is 13.5 Å². The Labute approximate surface area is 204 Å². The molecule has 2 heterocycles. The van der Waals surface area contributed by atoms with Crippen LogP contribution in [0, 0.1) is 12.7 Å². The van der Waals surface area contributed by atoms with E-state index in [1.165, 1.54) is 12.1 Å². The van der Waals surface area contributed by atoms with E-state index in [0.717, 1.165) is 52.0 Å². The fourth-order valence-corrected chi connectivity index (χ4v) is 4.21. The lowest BCUT2D eigenvalue weighted by Gasteiger charge is -2.10. The Kier molecular flexibility index (Phi) is 6.39. The molecule has 1 N–H and O–H groups in total. The summed E-state index contributed by atoms with van der Waals surface area (Å²) in [5.41, 5.74) is 7.02. The zero-order valence-electron chi connectivity index (χ0n) is 19.9. The van der Waals surface area contributed by atoms with Crippen molar-refractivity contribution in [3.8, 4) is 34.0 Å². The van der Waals surface area contributed by atoms with Gasteiger partial charge in [-0.15, -0.1) is 10.2 Å². The van der Waals surface area contributed by atoms with Crippen LogP contribution in [-0.4, -0.2) is 40.0 Å². The fraction of sp³-hybridized carbons (Fsp3) is 0.222. The van der Waals surface area contributed by atoms with Gasteiger partial charge in [0, 0.05) is 39.8 Å². The maximum atomic E-state index is 14.1. The number of nitrogens with zero attached hydrogens (tertiary/aromatic N) is 4. The maximum Gasteiger partial charge on any atom is 0.227 e. The SMILES string of the molecule is COCCNCc1cc(C)c2oc(-c3cccc(-c4ccc(F)cc4-c4nncn4C)c3)nc2c1.[HH]. The topological polar surface area (TPSA) is 78.0 Å². The molecule has 2 aromatic heterocycles. The number of aromatic nitrogens is 4. The first kappa shape index (κ1) is 22.9. The number of rotatable bonds is 8. The van der Waals surface area contributed by atoms with Crippen LogP contribution in [0.5, 0.6) is 0 Å². The van der Waals surface area contributed by atoms with Crippen molar-refractivity contribution in [2.24, 2.45) is 7.05 Å². The zero-order chi connectivity index (χ0) is 24.4. The molecule has 0 saturated heterocycles. The van der Waals surface area contributed by atoms with Crippen LogP contribution in [0.25, 0.3) is 45.1 Å². The first-order chi connectivity index (χ1) is 17.0. The summed E-state index contributed by atoms with van der Waals surface area (Å²) in [6.45, 7) is 4.20. The third-order valence-electron chi connectivity index (χ3n) is 5.90. The number of hydrogen-bond donors (Lipinski definition) is 1. The van der Waals surface area contributed by atoms with Crippen molar-refractivity contribution in [2.75, 3.05) is 20.3 Å². The molecule has 0 unspecified atom stereocenters. The average Bonchev–Trinajstić information content (AvgIpc) is 3.48. The Morgan fingerprint density at radius 2 is 1.94 bits per heavy atom. The lowest BCUT2D eigenvalue weighted by atomic mass is 9.97. The number of hydrogen-bond acceptors (Lipinski definition) is 6. The lowest BCUT2D eigenvalue weighted by Crippen LogP contribution is -2.18. The number of fused-ring (bicyclic) bond motifs is 1. The molecule has 35 heavy (non-hydrogen) atoms. The van der Waals surface area contributed by atoms with E-state index < -0.39 is 0 Å². The molecule has 8 heteroatoms. The lowest BCUT2D eigenvalue weighted by molar-refractivity contribution is 0.199. The van der Waals surface area contributed by atoms with Gasteiger partial charge in [0.25, 0.3) is 0 Å². The van der Waals surface area contributed by atoms with Gasteiger partial charge in [-0.3, -0.25) is 0 Å². The molecule has 5 aromatic rings. The molecule has 5 rings (SSSR count). The molecular weight excluding hydrogens is 445 g/mol. The normalized spacial score (nSPS) is 11.4. The zero-order valence-corrected chi connectivity index (χ0v) is 19.9. The largest absolute Gasteiger partial charge is 0.436 e. The van der Waals surface area contributed by atoms with Gasteiger partial charge in [-0.2, -0.15) is 0 Å². The Morgan fingerprint density at radius 3 is 2.74 bits per heavy atom. The second-order valence-corrected chi connectivity index (χ2v) is 8.49. The average molecular weight is 474 g/mol. The molecule has 0 spiro atoms. The van der Waals surface area contributed by atoms with E-state index in [1.54, 1.807) is 24.1 Å². The number of ether oxygens (including phenoxy) is 1. The minimum absolute atomic E-state index is 0. The van der Waals surface area contributed by atoms with Crippen molar-refractivity contribution < 1.29 is 15.0 Å². The summed E-state index contributed by atoms with van der Waals surface area (Å²) in [7, 11) is 3.53. The molecule has 0 atom stereocenters. The van der Waals surface area contributed by atoms with Crippen LogP contribution in [-0.2, 0) is 18.3 Å². The second-order valence-electron chi connectivity index (χ2n) is 8.49. The molecule has 0 saturated carbocycles. The van der Waals surface area contributed by atoms with Gasteiger partial charge in [-0.05, 0) is 59.5 Å². The highest BCUT2D eigenvalue weighted by atomic mass is 19.1. The van der Waals surface area contributed by atoms with Gasteiger partial charge in [0.2, 0.25) is 5.89 Å². The highest BCUT2D eigenvalue weighted by Crippen LogP contribution is 2.34. The number of halogens is 1. The van der Waals surface area contributed by atoms with Crippen LogP contribution in [0.15, 0.2) is 65.3 Å². The Bertz CT molecular complexity index is 1500. The predicted molar refractivity (Wildman–Crippen MR) is 135 cm³/mol. The number of oxazole rings is 1. The van der Waals surface area contributed by atoms with Crippen LogP contribution in [0.4, 0.5) is 4.39 Å². The van der Waals surface area contributed by atoms with Crippen LogP contribution < -0.4 is 5.32 Å². The van der Waals surface area contributed by atoms with Crippen LogP contribution >= 0.6 is 0 Å². The van der Waals surface area contributed by atoms with Crippen LogP contribution in [0.3, 0.4) is 0 Å². The Balaban J connectivity index is 0.00000304. The van der Waals surface area contributed by atoms with E-state index in [-0.39, 0.29) is 7.24 Å². The molecule has 0 amide bonds. The monoisotopic (exact) mass is 473 g/mol. The number of methoxy groups -OCH3 is 1. The van der Waals surface area contributed by atoms with Crippen molar-refractivity contribution in [3.63, 3.8) is 0 Å². The minimum Gasteiger partial charge on any atom is -0.436 e. The summed E-state index contributed by atoms with van der Waals surface area (Å²) in [4.78, 5) is 4.78. The smallest absolute Gasteiger partial charge is 0.227 e. The van der Waals surface area contributed by atoms with Gasteiger partial charge in [0.1, 0.15) is 17.7 Å². The number of benzene rings is 3. The van der Waals surface area contributed by atoms with Crippen LogP contribution in [0.2, 0.25) is 0 Å². The first-order valence-corrected chi connectivity index (χ1v) is 11.4. The van der Waals surface area contributed by atoms with Crippen LogP contribution in [0.1, 0.15) is 12.6 Å². The van der Waals surface area contributed by atoms with Gasteiger partial charge >= 0.3 is 0 Å². The quantitative estimate of drug-likeness (QED) is 0.305. The Hall–Kier alpha value is -3.88. The van der Waals surface area contributed by atoms with Gasteiger partial charge in [0.15, 0.2) is 11.4 Å². The third kappa shape index (κ3) is 4.71. The number of nitrogens with one attached hydrogen (secondary N) is 1. The fourth-order valence-electron chi connectivity index (χ4n) is 4.21. The predicted octanol–water partition coefficient (Wildman–Crippen LogP) is 5.39. The van der Waals surface area contributed by atoms with E-state index in [9.17, 15) is 4.39 Å². The third-order valence-corrected chi connectivity index (χ3v) is 5.90. The van der Waals surface area contributed by atoms with E-state index in [0.29, 0.717) is 23.9 Å². The minimum atomic E-state index is -0.329. The molecule has 0 radical (unpaired) electrons. The summed E-state index contributed by atoms with van der Waals surface area (Å²) < 4.78 is 27.2. The van der Waals surface area contributed by atoms with Gasteiger partial charge < -0.3 is 19.0 Å². The molecule has 180 valence electrons. The van der Waals surface area contributed by atoms with Gasteiger partial charge in [0.05, 0.1) is 6.61 Å². The Morgan fingerprint density at radius 1 is 1.09 bits per heavy atom. The summed E-state index contributed by atoms with van der Waals surface area (Å²) in [6, 6.07) is 16.7. The molecular formula is C27H28FN5O2. The molecule has 0 aliphatic heterocycles. The van der Waals surface area contributed by atoms with Gasteiger partial charge in [-0.25, -0.2) is 9.37 Å². The summed E-state index contributed by atoms with van der Waals surface area (Å²) in [6.07, 6.45) is 1.60. The molecule has 0 fully saturated rings. The highest BCUT2D eigenvalue weighted by Gasteiger charge is 2.16. The van der Waals surface area contributed by atoms with E-state index >= 15 is 0 Å². The molecule has 0 aliphatic rings. The first-order valence-electron chi connectivity index (χ1n) is 11.4. The number of aryl methyl sites for hydroxylation is 2. The highest BCUT2D eigenvalue weighted by molar-refractivity contribution is 5.84. The molecule has 0 bridgehead atoms. The van der Waals surface area contributed by atoms with Crippen molar-refractivity contribution in [1.29, 1.82) is 0 Å². The summed E-state index contributed by atoms with van der Waals surface area (Å²) >= 11 is 0. The molecule has 7 nitrogen and oxygen atoms in total. The summed E-state index contributed by atoms with van der Waals surface area (Å²) in [5, 5.41) is 11.5. The molecule has 3 aromatic carbocycles. The maximum absolute atomic E-state index is 14.1. The molecule has 0 aliphatic carbocycles.